The first-order valence-electron chi connectivity index (χ1n) is 18.2. The van der Waals surface area contributed by atoms with Crippen LogP contribution in [0.25, 0.3) is 0 Å². The Morgan fingerprint density at radius 2 is 1.00 bits per heavy atom. The van der Waals surface area contributed by atoms with Crippen molar-refractivity contribution in [1.82, 2.24) is 0 Å². The van der Waals surface area contributed by atoms with E-state index in [2.05, 4.69) is 13.8 Å². The van der Waals surface area contributed by atoms with Crippen molar-refractivity contribution in [2.45, 2.75) is 174 Å². The highest BCUT2D eigenvalue weighted by Gasteiger charge is 2.21. The van der Waals surface area contributed by atoms with Crippen LogP contribution >= 0.6 is 7.82 Å². The van der Waals surface area contributed by atoms with E-state index in [1.807, 2.05) is 12.5 Å². The van der Waals surface area contributed by atoms with Crippen LogP contribution in [0.2, 0.25) is 0 Å². The summed E-state index contributed by atoms with van der Waals surface area (Å²) in [6, 6.07) is 0. The fourth-order valence-corrected chi connectivity index (χ4v) is 6.29. The Bertz CT molecular complexity index is 736. The topological polar surface area (TPSA) is 111 Å². The van der Waals surface area contributed by atoms with Gasteiger partial charge in [0, 0.05) is 12.8 Å². The summed E-state index contributed by atoms with van der Waals surface area (Å²) in [5.41, 5.74) is 0. The van der Waals surface area contributed by atoms with Crippen molar-refractivity contribution in [1.29, 1.82) is 0 Å². The van der Waals surface area contributed by atoms with E-state index >= 15 is 0 Å². The summed E-state index contributed by atoms with van der Waals surface area (Å²) in [5.74, 6) is -0.218. The average molecular weight is 681 g/mol. The van der Waals surface area contributed by atoms with Crippen LogP contribution in [0.15, 0.2) is 0 Å². The molecule has 0 amide bonds. The molecule has 8 nitrogen and oxygen atoms in total. The lowest BCUT2D eigenvalue weighted by molar-refractivity contribution is -0.227. The number of hydrogen-bond acceptors (Lipinski definition) is 8. The molecule has 0 aromatic heterocycles. The third kappa shape index (κ3) is 33.1. The zero-order valence-electron chi connectivity index (χ0n) is 29.5. The Labute approximate surface area is 279 Å². The maximum absolute atomic E-state index is 12.5. The van der Waals surface area contributed by atoms with E-state index in [1.165, 1.54) is 103 Å². The highest BCUT2D eigenvalue weighted by atomic mass is 32.2. The Hall–Kier alpha value is -0.600. The molecular weight excluding hydrogens is 611 g/mol. The summed E-state index contributed by atoms with van der Waals surface area (Å²) < 4.78 is 33.0. The molecule has 0 rings (SSSR count). The van der Waals surface area contributed by atoms with E-state index in [1.54, 1.807) is 0 Å². The lowest BCUT2D eigenvalue weighted by Gasteiger charge is -2.25. The van der Waals surface area contributed by atoms with Gasteiger partial charge in [0.15, 0.2) is 6.10 Å². The molecule has 2 unspecified atom stereocenters. The Balaban J connectivity index is 4.37. The van der Waals surface area contributed by atoms with Crippen LogP contribution in [0.5, 0.6) is 0 Å². The zero-order chi connectivity index (χ0) is 33.4. The SMILES string of the molecule is CCCCCCCCCCCCCC(=O)OCC(COP(=O)([O-])OCC[S+](C)C)OC(=O)CCCCCCCCCCCCC. The van der Waals surface area contributed by atoms with Gasteiger partial charge in [-0.15, -0.1) is 0 Å². The standard InChI is InChI=1S/C35H69O8PS/c1-5-7-9-11-13-15-17-19-21-23-25-27-34(36)40-31-33(32-42-44(38,39)41-29-30-45(3)4)43-35(37)28-26-24-22-20-18-16-14-12-10-8-6-2/h33H,5-32H2,1-4H3. The van der Waals surface area contributed by atoms with Gasteiger partial charge in [-0.1, -0.05) is 142 Å². The molecule has 0 fully saturated rings. The molecule has 0 aliphatic heterocycles. The van der Waals surface area contributed by atoms with E-state index in [-0.39, 0.29) is 42.9 Å². The molecular formula is C35H69O8PS. The number of carbonyl (C=O) groups excluding carboxylic acids is 2. The Kier molecular flexibility index (Phi) is 31.5. The largest absolute Gasteiger partial charge is 0.756 e. The van der Waals surface area contributed by atoms with Gasteiger partial charge in [-0.05, 0) is 23.7 Å². The van der Waals surface area contributed by atoms with Crippen LogP contribution < -0.4 is 4.89 Å². The molecule has 0 saturated heterocycles. The predicted molar refractivity (Wildman–Crippen MR) is 187 cm³/mol. The molecule has 0 aromatic carbocycles. The Morgan fingerprint density at radius 3 is 1.42 bits per heavy atom. The van der Waals surface area contributed by atoms with Gasteiger partial charge in [0.1, 0.15) is 12.4 Å². The molecule has 2 atom stereocenters. The minimum absolute atomic E-state index is 0.0359. The van der Waals surface area contributed by atoms with Crippen molar-refractivity contribution >= 4 is 30.7 Å². The average Bonchev–Trinajstić information content (AvgIpc) is 2.99. The van der Waals surface area contributed by atoms with Gasteiger partial charge in [-0.2, -0.15) is 0 Å². The lowest BCUT2D eigenvalue weighted by Crippen LogP contribution is -2.30. The van der Waals surface area contributed by atoms with Crippen molar-refractivity contribution < 1.29 is 37.6 Å². The van der Waals surface area contributed by atoms with E-state index < -0.39 is 26.5 Å². The number of phosphoric ester groups is 1. The summed E-state index contributed by atoms with van der Waals surface area (Å²) in [6.07, 6.45) is 29.6. The lowest BCUT2D eigenvalue weighted by atomic mass is 10.1. The van der Waals surface area contributed by atoms with Gasteiger partial charge < -0.3 is 23.4 Å². The number of hydrogen-bond donors (Lipinski definition) is 0. The first-order valence-corrected chi connectivity index (χ1v) is 21.9. The molecule has 0 saturated carbocycles. The van der Waals surface area contributed by atoms with Crippen LogP contribution in [-0.2, 0) is 43.6 Å². The Morgan fingerprint density at radius 1 is 0.600 bits per heavy atom. The summed E-state index contributed by atoms with van der Waals surface area (Å²) in [5, 5.41) is 0. The minimum atomic E-state index is -4.56. The number of phosphoric acid groups is 1. The third-order valence-electron chi connectivity index (χ3n) is 7.86. The molecule has 45 heavy (non-hydrogen) atoms. The van der Waals surface area contributed by atoms with Crippen molar-refractivity contribution in [3.05, 3.63) is 0 Å². The van der Waals surface area contributed by atoms with Crippen molar-refractivity contribution in [2.75, 3.05) is 38.1 Å². The maximum atomic E-state index is 12.5. The van der Waals surface area contributed by atoms with Gasteiger partial charge in [0.2, 0.25) is 0 Å². The fraction of sp³-hybridized carbons (Fsp3) is 0.943. The van der Waals surface area contributed by atoms with Crippen LogP contribution in [0.3, 0.4) is 0 Å². The first kappa shape index (κ1) is 44.4. The van der Waals surface area contributed by atoms with Crippen LogP contribution in [-0.4, -0.2) is 56.1 Å². The molecule has 0 N–H and O–H groups in total. The second-order valence-electron chi connectivity index (χ2n) is 12.6. The fourth-order valence-electron chi connectivity index (χ4n) is 5.01. The number of esters is 2. The molecule has 268 valence electrons. The van der Waals surface area contributed by atoms with Crippen molar-refractivity contribution in [2.24, 2.45) is 0 Å². The van der Waals surface area contributed by atoms with Crippen LogP contribution in [0.1, 0.15) is 168 Å². The molecule has 0 aromatic rings. The predicted octanol–water partition coefficient (Wildman–Crippen LogP) is 9.22. The highest BCUT2D eigenvalue weighted by molar-refractivity contribution is 7.95. The number of rotatable bonds is 34. The maximum Gasteiger partial charge on any atom is 0.306 e. The van der Waals surface area contributed by atoms with Crippen LogP contribution in [0, 0.1) is 0 Å². The van der Waals surface area contributed by atoms with E-state index in [0.29, 0.717) is 12.2 Å². The number of unbranched alkanes of at least 4 members (excludes halogenated alkanes) is 20. The zero-order valence-corrected chi connectivity index (χ0v) is 31.2. The van der Waals surface area contributed by atoms with Crippen molar-refractivity contribution in [3.8, 4) is 0 Å². The quantitative estimate of drug-likeness (QED) is 0.0286. The molecule has 0 bridgehead atoms. The summed E-state index contributed by atoms with van der Waals surface area (Å²) in [4.78, 5) is 37.1. The molecule has 0 radical (unpaired) electrons. The first-order chi connectivity index (χ1) is 21.7. The molecule has 0 spiro atoms. The normalized spacial score (nSPS) is 13.6. The third-order valence-corrected chi connectivity index (χ3v) is 9.80. The molecule has 10 heteroatoms. The highest BCUT2D eigenvalue weighted by Crippen LogP contribution is 2.38. The van der Waals surface area contributed by atoms with Gasteiger partial charge in [0.25, 0.3) is 7.82 Å². The summed E-state index contributed by atoms with van der Waals surface area (Å²) in [7, 11) is -4.52. The van der Waals surface area contributed by atoms with Crippen molar-refractivity contribution in [3.63, 3.8) is 0 Å². The van der Waals surface area contributed by atoms with E-state index in [4.69, 9.17) is 18.5 Å². The van der Waals surface area contributed by atoms with E-state index in [0.717, 1.165) is 32.1 Å². The molecule has 0 aliphatic carbocycles. The second kappa shape index (κ2) is 32.0. The van der Waals surface area contributed by atoms with Crippen LogP contribution in [0.4, 0.5) is 0 Å². The summed E-state index contributed by atoms with van der Waals surface area (Å²) in [6.45, 7) is 3.82. The van der Waals surface area contributed by atoms with Gasteiger partial charge in [-0.3, -0.25) is 14.2 Å². The van der Waals surface area contributed by atoms with Gasteiger partial charge >= 0.3 is 11.9 Å². The number of ether oxygens (including phenoxy) is 2. The monoisotopic (exact) mass is 680 g/mol. The second-order valence-corrected chi connectivity index (χ2v) is 16.4. The van der Waals surface area contributed by atoms with Gasteiger partial charge in [-0.25, -0.2) is 0 Å². The van der Waals surface area contributed by atoms with Gasteiger partial charge in [0.05, 0.1) is 25.7 Å². The molecule has 0 heterocycles. The van der Waals surface area contributed by atoms with E-state index in [9.17, 15) is 19.0 Å². The molecule has 0 aliphatic rings. The smallest absolute Gasteiger partial charge is 0.306 e. The minimum Gasteiger partial charge on any atom is -0.756 e. The summed E-state index contributed by atoms with van der Waals surface area (Å²) >= 11 is 0. The number of carbonyl (C=O) groups is 2.